The fraction of sp³-hybridized carbons (Fsp3) is 0.533. The Labute approximate surface area is 134 Å². The van der Waals surface area contributed by atoms with Crippen LogP contribution in [0.3, 0.4) is 0 Å². The Balaban J connectivity index is 2.57. The summed E-state index contributed by atoms with van der Waals surface area (Å²) in [6.07, 6.45) is 6.49. The number of nitro groups is 2. The highest BCUT2D eigenvalue weighted by Crippen LogP contribution is 2.29. The van der Waals surface area contributed by atoms with Gasteiger partial charge in [0.1, 0.15) is 5.69 Å². The number of hydrogen-bond acceptors (Lipinski definition) is 5. The first-order valence-electron chi connectivity index (χ1n) is 7.68. The largest absolute Gasteiger partial charge is 0.320 e. The van der Waals surface area contributed by atoms with Crippen LogP contribution in [0.2, 0.25) is 0 Å². The summed E-state index contributed by atoms with van der Waals surface area (Å²) in [5.41, 5.74) is -0.877. The van der Waals surface area contributed by atoms with Crippen LogP contribution < -0.4 is 5.32 Å². The molecule has 1 rings (SSSR count). The van der Waals surface area contributed by atoms with Crippen molar-refractivity contribution in [3.63, 3.8) is 0 Å². The van der Waals surface area contributed by atoms with Gasteiger partial charge in [-0.1, -0.05) is 39.0 Å². The maximum atomic E-state index is 11.8. The van der Waals surface area contributed by atoms with E-state index in [1.165, 1.54) is 12.5 Å². The molecular formula is C15H21N3O5. The van der Waals surface area contributed by atoms with Gasteiger partial charge in [0.15, 0.2) is 0 Å². The number of nitrogens with one attached hydrogen (secondary N) is 1. The Morgan fingerprint density at radius 3 is 2.30 bits per heavy atom. The first kappa shape index (κ1) is 18.5. The normalized spacial score (nSPS) is 10.3. The highest BCUT2D eigenvalue weighted by atomic mass is 16.6. The summed E-state index contributed by atoms with van der Waals surface area (Å²) in [4.78, 5) is 32.0. The zero-order chi connectivity index (χ0) is 17.2. The number of nitrogens with zero attached hydrogens (tertiary/aromatic N) is 2. The highest BCUT2D eigenvalue weighted by molar-refractivity contribution is 5.93. The van der Waals surface area contributed by atoms with Gasteiger partial charge in [0.2, 0.25) is 5.91 Å². The number of hydrogen-bond donors (Lipinski definition) is 1. The maximum absolute atomic E-state index is 11.8. The molecule has 0 heterocycles. The fourth-order valence-electron chi connectivity index (χ4n) is 2.17. The van der Waals surface area contributed by atoms with Crippen LogP contribution in [0.25, 0.3) is 0 Å². The number of carbonyl (C=O) groups excluding carboxylic acids is 1. The van der Waals surface area contributed by atoms with Gasteiger partial charge in [-0.15, -0.1) is 0 Å². The molecule has 1 N–H and O–H groups in total. The average molecular weight is 323 g/mol. The van der Waals surface area contributed by atoms with E-state index in [4.69, 9.17) is 0 Å². The molecular weight excluding hydrogens is 302 g/mol. The number of nitro benzene ring substituents is 2. The molecule has 8 heteroatoms. The predicted octanol–water partition coefficient (Wildman–Crippen LogP) is 4.19. The smallest absolute Gasteiger partial charge is 0.299 e. The van der Waals surface area contributed by atoms with Gasteiger partial charge in [-0.05, 0) is 12.5 Å². The predicted molar refractivity (Wildman–Crippen MR) is 86.4 cm³/mol. The Hall–Kier alpha value is -2.51. The van der Waals surface area contributed by atoms with Crippen molar-refractivity contribution >= 4 is 23.0 Å². The van der Waals surface area contributed by atoms with Gasteiger partial charge in [-0.2, -0.15) is 0 Å². The van der Waals surface area contributed by atoms with Crippen molar-refractivity contribution < 1.29 is 14.6 Å². The molecule has 0 fully saturated rings. The van der Waals surface area contributed by atoms with Crippen LogP contribution in [0, 0.1) is 20.2 Å². The Bertz CT molecular complexity index is 574. The van der Waals surface area contributed by atoms with Crippen molar-refractivity contribution in [2.45, 2.75) is 51.9 Å². The Morgan fingerprint density at radius 1 is 1.04 bits per heavy atom. The number of non-ortho nitro benzene ring substituents is 1. The van der Waals surface area contributed by atoms with Gasteiger partial charge >= 0.3 is 0 Å². The van der Waals surface area contributed by atoms with E-state index in [2.05, 4.69) is 12.2 Å². The molecule has 0 radical (unpaired) electrons. The van der Waals surface area contributed by atoms with Crippen LogP contribution in [0.4, 0.5) is 17.1 Å². The maximum Gasteiger partial charge on any atom is 0.299 e. The minimum atomic E-state index is -0.743. The van der Waals surface area contributed by atoms with Gasteiger partial charge in [0.25, 0.3) is 11.4 Å². The highest BCUT2D eigenvalue weighted by Gasteiger charge is 2.20. The number of carbonyl (C=O) groups is 1. The van der Waals surface area contributed by atoms with Crippen LogP contribution in [0.15, 0.2) is 18.2 Å². The van der Waals surface area contributed by atoms with Gasteiger partial charge in [0.05, 0.1) is 15.9 Å². The number of unbranched alkanes of at least 4 members (excludes halogenated alkanes) is 5. The third-order valence-corrected chi connectivity index (χ3v) is 3.42. The molecule has 0 atom stereocenters. The molecule has 0 saturated carbocycles. The van der Waals surface area contributed by atoms with Gasteiger partial charge < -0.3 is 5.32 Å². The second kappa shape index (κ2) is 9.50. The van der Waals surface area contributed by atoms with Gasteiger partial charge in [-0.25, -0.2) is 0 Å². The van der Waals surface area contributed by atoms with E-state index in [1.54, 1.807) is 0 Å². The van der Waals surface area contributed by atoms with E-state index < -0.39 is 15.5 Å². The molecule has 0 bridgehead atoms. The third-order valence-electron chi connectivity index (χ3n) is 3.42. The summed E-state index contributed by atoms with van der Waals surface area (Å²) in [5, 5.41) is 24.1. The summed E-state index contributed by atoms with van der Waals surface area (Å²) in [7, 11) is 0. The van der Waals surface area contributed by atoms with Crippen molar-refractivity contribution in [3.8, 4) is 0 Å². The van der Waals surface area contributed by atoms with Gasteiger partial charge in [0, 0.05) is 12.5 Å². The SMILES string of the molecule is CCCCCCCCC(=O)Nc1ccc([N+](=O)[O-])cc1[N+](=O)[O-]. The Kier molecular flexibility index (Phi) is 7.65. The summed E-state index contributed by atoms with van der Waals surface area (Å²) in [6.45, 7) is 2.13. The van der Waals surface area contributed by atoms with Crippen LogP contribution in [0.5, 0.6) is 0 Å². The van der Waals surface area contributed by atoms with Crippen LogP contribution in [-0.2, 0) is 4.79 Å². The lowest BCUT2D eigenvalue weighted by Crippen LogP contribution is -2.12. The van der Waals surface area contributed by atoms with Crippen LogP contribution in [0.1, 0.15) is 51.9 Å². The third kappa shape index (κ3) is 6.41. The minimum absolute atomic E-state index is 0.0171. The minimum Gasteiger partial charge on any atom is -0.320 e. The van der Waals surface area contributed by atoms with Crippen molar-refractivity contribution in [1.82, 2.24) is 0 Å². The topological polar surface area (TPSA) is 115 Å². The molecule has 0 aliphatic rings. The molecule has 1 aromatic rings. The second-order valence-corrected chi connectivity index (χ2v) is 5.28. The van der Waals surface area contributed by atoms with Crippen LogP contribution >= 0.6 is 0 Å². The summed E-state index contributed by atoms with van der Waals surface area (Å²) < 4.78 is 0. The molecule has 0 aliphatic heterocycles. The molecule has 1 aromatic carbocycles. The monoisotopic (exact) mass is 323 g/mol. The van der Waals surface area contributed by atoms with Crippen molar-refractivity contribution in [2.75, 3.05) is 5.32 Å². The van der Waals surface area contributed by atoms with Crippen molar-refractivity contribution in [3.05, 3.63) is 38.4 Å². The summed E-state index contributed by atoms with van der Waals surface area (Å²) in [5.74, 6) is -0.322. The molecule has 126 valence electrons. The summed E-state index contributed by atoms with van der Waals surface area (Å²) in [6, 6.07) is 3.17. The standard InChI is InChI=1S/C15H21N3O5/c1-2-3-4-5-6-7-8-15(19)16-13-10-9-12(17(20)21)11-14(13)18(22)23/h9-11H,2-8H2,1H3,(H,16,19). The molecule has 8 nitrogen and oxygen atoms in total. The lowest BCUT2D eigenvalue weighted by atomic mass is 10.1. The molecule has 1 amide bonds. The number of amides is 1. The zero-order valence-electron chi connectivity index (χ0n) is 13.1. The number of anilines is 1. The fourth-order valence-corrected chi connectivity index (χ4v) is 2.17. The molecule has 0 spiro atoms. The Morgan fingerprint density at radius 2 is 1.70 bits per heavy atom. The van der Waals surface area contributed by atoms with E-state index in [9.17, 15) is 25.0 Å². The van der Waals surface area contributed by atoms with E-state index in [0.717, 1.165) is 44.2 Å². The zero-order valence-corrected chi connectivity index (χ0v) is 13.1. The number of benzene rings is 1. The van der Waals surface area contributed by atoms with Crippen LogP contribution in [-0.4, -0.2) is 15.8 Å². The van der Waals surface area contributed by atoms with Crippen molar-refractivity contribution in [1.29, 1.82) is 0 Å². The first-order chi connectivity index (χ1) is 11.0. The van der Waals surface area contributed by atoms with E-state index in [-0.39, 0.29) is 23.7 Å². The molecule has 0 unspecified atom stereocenters. The molecule has 0 aromatic heterocycles. The quantitative estimate of drug-likeness (QED) is 0.393. The van der Waals surface area contributed by atoms with E-state index >= 15 is 0 Å². The van der Waals surface area contributed by atoms with Crippen molar-refractivity contribution in [2.24, 2.45) is 0 Å². The summed E-state index contributed by atoms with van der Waals surface area (Å²) >= 11 is 0. The first-order valence-corrected chi connectivity index (χ1v) is 7.68. The van der Waals surface area contributed by atoms with E-state index in [1.807, 2.05) is 0 Å². The second-order valence-electron chi connectivity index (χ2n) is 5.28. The molecule has 0 saturated heterocycles. The lowest BCUT2D eigenvalue weighted by molar-refractivity contribution is -0.393. The molecule has 0 aliphatic carbocycles. The van der Waals surface area contributed by atoms with Gasteiger partial charge in [-0.3, -0.25) is 25.0 Å². The average Bonchev–Trinajstić information content (AvgIpc) is 2.50. The number of rotatable bonds is 10. The van der Waals surface area contributed by atoms with E-state index in [0.29, 0.717) is 0 Å². The molecule has 23 heavy (non-hydrogen) atoms. The lowest BCUT2D eigenvalue weighted by Gasteiger charge is -2.06.